The molecule has 1 aliphatic carbocycles. The van der Waals surface area contributed by atoms with E-state index in [1.54, 1.807) is 7.05 Å². The van der Waals surface area contributed by atoms with Crippen LogP contribution >= 0.6 is 0 Å². The Kier molecular flexibility index (Phi) is 5.90. The maximum absolute atomic E-state index is 12.1. The molecule has 0 radical (unpaired) electrons. The third-order valence-electron chi connectivity index (χ3n) is 3.11. The number of guanidine groups is 1. The van der Waals surface area contributed by atoms with Gasteiger partial charge in [-0.05, 0) is 32.4 Å². The van der Waals surface area contributed by atoms with E-state index in [2.05, 4.69) is 22.5 Å². The van der Waals surface area contributed by atoms with Gasteiger partial charge in [0.2, 0.25) is 0 Å². The molecule has 0 aromatic heterocycles. The zero-order chi connectivity index (χ0) is 14.5. The minimum Gasteiger partial charge on any atom is -0.356 e. The Balaban J connectivity index is 2.09. The molecule has 0 bridgehead atoms. The van der Waals surface area contributed by atoms with Gasteiger partial charge in [-0.1, -0.05) is 6.92 Å². The molecule has 1 aliphatic rings. The van der Waals surface area contributed by atoms with Crippen molar-refractivity contribution in [3.8, 4) is 0 Å². The normalized spacial score (nSPS) is 23.6. The average molecular weight is 280 g/mol. The summed E-state index contributed by atoms with van der Waals surface area (Å²) in [6.07, 6.45) is -2.33. The minimum absolute atomic E-state index is 0.406. The number of aliphatic imine (C=N–C) groups is 1. The van der Waals surface area contributed by atoms with Crippen LogP contribution in [0.15, 0.2) is 4.99 Å². The van der Waals surface area contributed by atoms with Gasteiger partial charge < -0.3 is 10.6 Å². The predicted molar refractivity (Wildman–Crippen MR) is 70.2 cm³/mol. The fourth-order valence-electron chi connectivity index (χ4n) is 1.83. The van der Waals surface area contributed by atoms with Crippen LogP contribution in [0.25, 0.3) is 0 Å². The van der Waals surface area contributed by atoms with Crippen LogP contribution in [0.2, 0.25) is 0 Å². The SMILES string of the molecule is CN=C(NCCCN(C)CC(F)(F)F)NC1CC1C. The molecule has 1 saturated carbocycles. The molecule has 7 heteroatoms. The van der Waals surface area contributed by atoms with E-state index in [4.69, 9.17) is 0 Å². The molecule has 2 atom stereocenters. The van der Waals surface area contributed by atoms with Crippen molar-refractivity contribution < 1.29 is 13.2 Å². The summed E-state index contributed by atoms with van der Waals surface area (Å²) in [5.74, 6) is 1.41. The summed E-state index contributed by atoms with van der Waals surface area (Å²) >= 11 is 0. The largest absolute Gasteiger partial charge is 0.401 e. The lowest BCUT2D eigenvalue weighted by Gasteiger charge is -2.18. The molecule has 0 amide bonds. The van der Waals surface area contributed by atoms with Crippen LogP contribution in [0.5, 0.6) is 0 Å². The number of hydrogen-bond donors (Lipinski definition) is 2. The molecule has 2 unspecified atom stereocenters. The molecule has 112 valence electrons. The van der Waals surface area contributed by atoms with E-state index < -0.39 is 12.7 Å². The molecule has 0 heterocycles. The first-order chi connectivity index (χ1) is 8.81. The summed E-state index contributed by atoms with van der Waals surface area (Å²) in [7, 11) is 3.17. The van der Waals surface area contributed by atoms with Crippen LogP contribution < -0.4 is 10.6 Å². The smallest absolute Gasteiger partial charge is 0.356 e. The summed E-state index contributed by atoms with van der Waals surface area (Å²) in [6.45, 7) is 2.32. The number of halogens is 3. The van der Waals surface area contributed by atoms with Crippen molar-refractivity contribution in [2.24, 2.45) is 10.9 Å². The fraction of sp³-hybridized carbons (Fsp3) is 0.917. The number of alkyl halides is 3. The highest BCUT2D eigenvalue weighted by Crippen LogP contribution is 2.28. The number of nitrogens with one attached hydrogen (secondary N) is 2. The molecule has 0 spiro atoms. The Morgan fingerprint density at radius 2 is 2.05 bits per heavy atom. The maximum atomic E-state index is 12.1. The van der Waals surface area contributed by atoms with Gasteiger partial charge in [-0.3, -0.25) is 9.89 Å². The van der Waals surface area contributed by atoms with Gasteiger partial charge in [0.15, 0.2) is 5.96 Å². The van der Waals surface area contributed by atoms with Crippen molar-refractivity contribution in [2.75, 3.05) is 33.7 Å². The second-order valence-electron chi connectivity index (χ2n) is 5.17. The van der Waals surface area contributed by atoms with Gasteiger partial charge in [0.1, 0.15) is 0 Å². The molecule has 0 aromatic carbocycles. The lowest BCUT2D eigenvalue weighted by molar-refractivity contribution is -0.143. The molecule has 0 aliphatic heterocycles. The predicted octanol–water partition coefficient (Wildman–Crippen LogP) is 1.44. The van der Waals surface area contributed by atoms with Crippen molar-refractivity contribution in [1.29, 1.82) is 0 Å². The van der Waals surface area contributed by atoms with E-state index in [9.17, 15) is 13.2 Å². The Labute approximate surface area is 112 Å². The summed E-state index contributed by atoms with van der Waals surface area (Å²) < 4.78 is 36.3. The Morgan fingerprint density at radius 1 is 1.42 bits per heavy atom. The van der Waals surface area contributed by atoms with Crippen LogP contribution in [0.1, 0.15) is 19.8 Å². The Morgan fingerprint density at radius 3 is 2.53 bits per heavy atom. The summed E-state index contributed by atoms with van der Waals surface area (Å²) in [6, 6.07) is 0.485. The molecule has 19 heavy (non-hydrogen) atoms. The van der Waals surface area contributed by atoms with Crippen molar-refractivity contribution in [1.82, 2.24) is 15.5 Å². The lowest BCUT2D eigenvalue weighted by atomic mass is 10.4. The van der Waals surface area contributed by atoms with E-state index in [0.717, 1.165) is 12.4 Å². The highest BCUT2D eigenvalue weighted by atomic mass is 19.4. The number of hydrogen-bond acceptors (Lipinski definition) is 2. The molecule has 2 N–H and O–H groups in total. The topological polar surface area (TPSA) is 39.7 Å². The summed E-state index contributed by atoms with van der Waals surface area (Å²) in [5, 5.41) is 6.37. The fourth-order valence-corrected chi connectivity index (χ4v) is 1.83. The number of nitrogens with zero attached hydrogens (tertiary/aromatic N) is 2. The molecule has 1 fully saturated rings. The summed E-state index contributed by atoms with van der Waals surface area (Å²) in [4.78, 5) is 5.36. The zero-order valence-electron chi connectivity index (χ0n) is 11.7. The first kappa shape index (κ1) is 16.1. The lowest BCUT2D eigenvalue weighted by Crippen LogP contribution is -2.40. The molecule has 0 aromatic rings. The van der Waals surface area contributed by atoms with Crippen molar-refractivity contribution in [3.05, 3.63) is 0 Å². The average Bonchev–Trinajstić information content (AvgIpc) is 2.96. The van der Waals surface area contributed by atoms with Crippen molar-refractivity contribution in [2.45, 2.75) is 32.0 Å². The van der Waals surface area contributed by atoms with E-state index in [-0.39, 0.29) is 0 Å². The van der Waals surface area contributed by atoms with Crippen LogP contribution in [-0.4, -0.2) is 56.8 Å². The Bertz CT molecular complexity index is 304. The second-order valence-corrected chi connectivity index (χ2v) is 5.17. The molecule has 0 saturated heterocycles. The van der Waals surface area contributed by atoms with Crippen LogP contribution in [0.3, 0.4) is 0 Å². The first-order valence-corrected chi connectivity index (χ1v) is 6.54. The van der Waals surface area contributed by atoms with E-state index in [1.807, 2.05) is 0 Å². The maximum Gasteiger partial charge on any atom is 0.401 e. The van der Waals surface area contributed by atoms with Gasteiger partial charge in [-0.15, -0.1) is 0 Å². The molecular formula is C12H23F3N4. The monoisotopic (exact) mass is 280 g/mol. The highest BCUT2D eigenvalue weighted by Gasteiger charge is 2.33. The zero-order valence-corrected chi connectivity index (χ0v) is 11.7. The van der Waals surface area contributed by atoms with Gasteiger partial charge in [0.25, 0.3) is 0 Å². The van der Waals surface area contributed by atoms with Crippen molar-refractivity contribution in [3.63, 3.8) is 0 Å². The third-order valence-corrected chi connectivity index (χ3v) is 3.11. The molecular weight excluding hydrogens is 257 g/mol. The van der Waals surface area contributed by atoms with Crippen LogP contribution in [0, 0.1) is 5.92 Å². The standard InChI is InChI=1S/C12H23F3N4/c1-9-7-10(9)18-11(16-2)17-5-4-6-19(3)8-12(13,14)15/h9-10H,4-8H2,1-3H3,(H2,16,17,18). The summed E-state index contributed by atoms with van der Waals surface area (Å²) in [5.41, 5.74) is 0. The van der Waals surface area contributed by atoms with Gasteiger partial charge in [0, 0.05) is 19.6 Å². The third kappa shape index (κ3) is 7.25. The molecule has 4 nitrogen and oxygen atoms in total. The van der Waals surface area contributed by atoms with E-state index >= 15 is 0 Å². The van der Waals surface area contributed by atoms with Gasteiger partial charge in [0.05, 0.1) is 6.54 Å². The number of rotatable bonds is 6. The minimum atomic E-state index is -4.12. The highest BCUT2D eigenvalue weighted by molar-refractivity contribution is 5.80. The van der Waals surface area contributed by atoms with Crippen LogP contribution in [-0.2, 0) is 0 Å². The van der Waals surface area contributed by atoms with Gasteiger partial charge in [-0.2, -0.15) is 13.2 Å². The second kappa shape index (κ2) is 6.98. The quantitative estimate of drug-likeness (QED) is 0.439. The first-order valence-electron chi connectivity index (χ1n) is 6.54. The van der Waals surface area contributed by atoms with Gasteiger partial charge in [-0.25, -0.2) is 0 Å². The molecule has 1 rings (SSSR count). The van der Waals surface area contributed by atoms with Crippen LogP contribution in [0.4, 0.5) is 13.2 Å². The van der Waals surface area contributed by atoms with Crippen molar-refractivity contribution >= 4 is 5.96 Å². The van der Waals surface area contributed by atoms with Gasteiger partial charge >= 0.3 is 6.18 Å². The van der Waals surface area contributed by atoms with E-state index in [0.29, 0.717) is 31.5 Å². The Hall–Kier alpha value is -0.980. The van der Waals surface area contributed by atoms with E-state index in [1.165, 1.54) is 11.9 Å².